The normalized spacial score (nSPS) is 10.2. The number of carboxylic acid groups (broad SMARTS) is 1. The van der Waals surface area contributed by atoms with Crippen molar-refractivity contribution in [2.24, 2.45) is 0 Å². The van der Waals surface area contributed by atoms with Gasteiger partial charge in [0.25, 0.3) is 0 Å². The van der Waals surface area contributed by atoms with Crippen LogP contribution in [-0.2, 0) is 11.3 Å². The summed E-state index contributed by atoms with van der Waals surface area (Å²) in [4.78, 5) is 23.6. The molecule has 0 aromatic carbocycles. The molecule has 16 heavy (non-hydrogen) atoms. The van der Waals surface area contributed by atoms with Gasteiger partial charge in [0.05, 0.1) is 0 Å². The van der Waals surface area contributed by atoms with E-state index in [0.29, 0.717) is 13.0 Å². The summed E-state index contributed by atoms with van der Waals surface area (Å²) in [5, 5.41) is 18.7. The fraction of sp³-hybridized carbons (Fsp3) is 0.556. The van der Waals surface area contributed by atoms with Crippen LogP contribution < -0.4 is 0 Å². The molecule has 7 nitrogen and oxygen atoms in total. The van der Waals surface area contributed by atoms with Crippen molar-refractivity contribution in [3.63, 3.8) is 0 Å². The maximum atomic E-state index is 10.3. The second-order valence-corrected chi connectivity index (χ2v) is 3.43. The molecule has 0 aliphatic heterocycles. The number of aliphatic carboxylic acids is 1. The quantitative estimate of drug-likeness (QED) is 0.431. The fourth-order valence-electron chi connectivity index (χ4n) is 1.31. The first kappa shape index (κ1) is 12.2. The molecule has 0 saturated heterocycles. The van der Waals surface area contributed by atoms with Gasteiger partial charge in [-0.1, -0.05) is 6.42 Å². The van der Waals surface area contributed by atoms with Crippen LogP contribution in [0, 0.1) is 10.1 Å². The summed E-state index contributed by atoms with van der Waals surface area (Å²) < 4.78 is 1.64. The van der Waals surface area contributed by atoms with E-state index in [1.165, 1.54) is 12.5 Å². The van der Waals surface area contributed by atoms with E-state index < -0.39 is 10.9 Å². The second kappa shape index (κ2) is 5.84. The molecular formula is C9H13N3O4. The number of hydrogen-bond acceptors (Lipinski definition) is 4. The van der Waals surface area contributed by atoms with Gasteiger partial charge in [-0.05, 0) is 22.7 Å². The highest BCUT2D eigenvalue weighted by Crippen LogP contribution is 2.08. The first-order chi connectivity index (χ1) is 7.59. The van der Waals surface area contributed by atoms with Crippen molar-refractivity contribution in [2.75, 3.05) is 0 Å². The smallest absolute Gasteiger partial charge is 0.381 e. The molecule has 0 spiro atoms. The summed E-state index contributed by atoms with van der Waals surface area (Å²) in [6.07, 6.45) is 5.17. The van der Waals surface area contributed by atoms with Crippen molar-refractivity contribution in [3.05, 3.63) is 22.6 Å². The predicted octanol–water partition coefficient (Wildman–Crippen LogP) is 1.44. The third-order valence-corrected chi connectivity index (χ3v) is 2.11. The number of aromatic nitrogens is 2. The molecule has 0 aliphatic carbocycles. The van der Waals surface area contributed by atoms with E-state index in [1.807, 2.05) is 0 Å². The van der Waals surface area contributed by atoms with Gasteiger partial charge in [0, 0.05) is 13.0 Å². The molecule has 0 bridgehead atoms. The molecule has 1 aromatic heterocycles. The Morgan fingerprint density at radius 1 is 1.50 bits per heavy atom. The lowest BCUT2D eigenvalue weighted by Gasteiger charge is -1.99. The van der Waals surface area contributed by atoms with Gasteiger partial charge in [-0.25, -0.2) is 0 Å². The SMILES string of the molecule is O=C(O)CCCCCn1cnc([N+](=O)[O-])c1. The van der Waals surface area contributed by atoms with E-state index in [4.69, 9.17) is 5.11 Å². The zero-order chi connectivity index (χ0) is 12.0. The standard InChI is InChI=1S/C9H13N3O4/c13-9(14)4-2-1-3-5-11-6-8(10-7-11)12(15)16/h6-7H,1-5H2,(H,13,14). The van der Waals surface area contributed by atoms with Gasteiger partial charge in [-0.15, -0.1) is 0 Å². The third-order valence-electron chi connectivity index (χ3n) is 2.11. The topological polar surface area (TPSA) is 98.3 Å². The van der Waals surface area contributed by atoms with Crippen molar-refractivity contribution in [1.29, 1.82) is 0 Å². The van der Waals surface area contributed by atoms with Crippen LogP contribution in [0.1, 0.15) is 25.7 Å². The Hall–Kier alpha value is -1.92. The summed E-state index contributed by atoms with van der Waals surface area (Å²) in [7, 11) is 0. The molecule has 1 heterocycles. The van der Waals surface area contributed by atoms with Crippen molar-refractivity contribution in [2.45, 2.75) is 32.2 Å². The Balaban J connectivity index is 2.21. The molecular weight excluding hydrogens is 214 g/mol. The second-order valence-electron chi connectivity index (χ2n) is 3.43. The summed E-state index contributed by atoms with van der Waals surface area (Å²) in [6.45, 7) is 0.625. The average molecular weight is 227 g/mol. The van der Waals surface area contributed by atoms with Crippen LogP contribution in [0.5, 0.6) is 0 Å². The maximum absolute atomic E-state index is 10.3. The summed E-state index contributed by atoms with van der Waals surface area (Å²) in [5.74, 6) is -0.955. The Morgan fingerprint density at radius 3 is 2.81 bits per heavy atom. The minimum Gasteiger partial charge on any atom is -0.481 e. The monoisotopic (exact) mass is 227 g/mol. The van der Waals surface area contributed by atoms with Crippen LogP contribution in [0.4, 0.5) is 5.82 Å². The number of rotatable bonds is 7. The van der Waals surface area contributed by atoms with Gasteiger partial charge >= 0.3 is 11.8 Å². The lowest BCUT2D eigenvalue weighted by molar-refractivity contribution is -0.389. The fourth-order valence-corrected chi connectivity index (χ4v) is 1.31. The van der Waals surface area contributed by atoms with E-state index in [-0.39, 0.29) is 12.2 Å². The molecule has 88 valence electrons. The number of nitro groups is 1. The first-order valence-electron chi connectivity index (χ1n) is 4.97. The minimum atomic E-state index is -0.793. The maximum Gasteiger partial charge on any atom is 0.381 e. The molecule has 0 radical (unpaired) electrons. The molecule has 0 atom stereocenters. The van der Waals surface area contributed by atoms with Crippen molar-refractivity contribution in [1.82, 2.24) is 9.55 Å². The highest BCUT2D eigenvalue weighted by molar-refractivity contribution is 5.66. The van der Waals surface area contributed by atoms with E-state index in [9.17, 15) is 14.9 Å². The van der Waals surface area contributed by atoms with Gasteiger partial charge < -0.3 is 19.8 Å². The molecule has 1 rings (SSSR count). The van der Waals surface area contributed by atoms with Gasteiger partial charge in [0.2, 0.25) is 6.33 Å². The van der Waals surface area contributed by atoms with E-state index in [2.05, 4.69) is 4.98 Å². The van der Waals surface area contributed by atoms with Crippen LogP contribution in [-0.4, -0.2) is 25.6 Å². The molecule has 0 saturated carbocycles. The predicted molar refractivity (Wildman–Crippen MR) is 55.0 cm³/mol. The number of imidazole rings is 1. The zero-order valence-corrected chi connectivity index (χ0v) is 8.70. The van der Waals surface area contributed by atoms with Crippen molar-refractivity contribution in [3.8, 4) is 0 Å². The van der Waals surface area contributed by atoms with Gasteiger partial charge in [-0.3, -0.25) is 4.79 Å². The van der Waals surface area contributed by atoms with E-state index in [0.717, 1.165) is 12.8 Å². The molecule has 0 fully saturated rings. The average Bonchev–Trinajstić information content (AvgIpc) is 2.65. The van der Waals surface area contributed by atoms with E-state index in [1.54, 1.807) is 4.57 Å². The first-order valence-corrected chi connectivity index (χ1v) is 4.97. The van der Waals surface area contributed by atoms with Crippen LogP contribution >= 0.6 is 0 Å². The van der Waals surface area contributed by atoms with Crippen molar-refractivity contribution >= 4 is 11.8 Å². The number of hydrogen-bond donors (Lipinski definition) is 1. The molecule has 0 aliphatic rings. The number of unbranched alkanes of at least 4 members (excludes halogenated alkanes) is 2. The summed E-state index contributed by atoms with van der Waals surface area (Å²) in [6, 6.07) is 0. The Kier molecular flexibility index (Phi) is 4.43. The Bertz CT molecular complexity index is 375. The molecule has 1 aromatic rings. The molecule has 1 N–H and O–H groups in total. The van der Waals surface area contributed by atoms with Gasteiger partial charge in [0.1, 0.15) is 6.20 Å². The largest absolute Gasteiger partial charge is 0.481 e. The summed E-state index contributed by atoms with van der Waals surface area (Å²) in [5.41, 5.74) is 0. The minimum absolute atomic E-state index is 0.162. The number of nitrogens with zero attached hydrogens (tertiary/aromatic N) is 3. The highest BCUT2D eigenvalue weighted by Gasteiger charge is 2.08. The van der Waals surface area contributed by atoms with Crippen LogP contribution in [0.3, 0.4) is 0 Å². The molecule has 0 amide bonds. The van der Waals surface area contributed by atoms with Gasteiger partial charge in [-0.2, -0.15) is 0 Å². The van der Waals surface area contributed by atoms with E-state index >= 15 is 0 Å². The Labute approximate surface area is 91.9 Å². The Morgan fingerprint density at radius 2 is 2.25 bits per heavy atom. The van der Waals surface area contributed by atoms with Gasteiger partial charge in [0.15, 0.2) is 0 Å². The highest BCUT2D eigenvalue weighted by atomic mass is 16.6. The van der Waals surface area contributed by atoms with Crippen molar-refractivity contribution < 1.29 is 14.8 Å². The number of aryl methyl sites for hydroxylation is 1. The molecule has 0 unspecified atom stereocenters. The lowest BCUT2D eigenvalue weighted by atomic mass is 10.2. The van der Waals surface area contributed by atoms with Crippen LogP contribution in [0.2, 0.25) is 0 Å². The lowest BCUT2D eigenvalue weighted by Crippen LogP contribution is -1.97. The number of carbonyl (C=O) groups is 1. The number of carboxylic acids is 1. The third kappa shape index (κ3) is 4.07. The summed E-state index contributed by atoms with van der Waals surface area (Å²) >= 11 is 0. The van der Waals surface area contributed by atoms with Crippen LogP contribution in [0.25, 0.3) is 0 Å². The molecule has 7 heteroatoms. The zero-order valence-electron chi connectivity index (χ0n) is 8.70. The van der Waals surface area contributed by atoms with Crippen LogP contribution in [0.15, 0.2) is 12.5 Å².